The van der Waals surface area contributed by atoms with Gasteiger partial charge in [0, 0.05) is 18.8 Å². The first-order valence-corrected chi connectivity index (χ1v) is 11.3. The van der Waals surface area contributed by atoms with Crippen molar-refractivity contribution in [1.29, 1.82) is 0 Å². The lowest BCUT2D eigenvalue weighted by Crippen LogP contribution is -2.37. The summed E-state index contributed by atoms with van der Waals surface area (Å²) in [5.74, 6) is -0.892. The zero-order valence-electron chi connectivity index (χ0n) is 18.5. The Labute approximate surface area is 188 Å². The molecule has 0 aliphatic carbocycles. The lowest BCUT2D eigenvalue weighted by atomic mass is 9.97. The summed E-state index contributed by atoms with van der Waals surface area (Å²) in [6, 6.07) is 7.88. The summed E-state index contributed by atoms with van der Waals surface area (Å²) in [7, 11) is 0. The molecule has 0 bridgehead atoms. The molecule has 1 aromatic carbocycles. The molecule has 2 aromatic rings. The van der Waals surface area contributed by atoms with Crippen LogP contribution in [0.4, 0.5) is 23.0 Å². The number of hydrogen-bond donors (Lipinski definition) is 2. The SMILES string of the molecule is CCCCCCCc1ccc(Nc2ncnc(N3CCC(C(=O)O)CC3)c2[N+](=O)[O-])cc1. The van der Waals surface area contributed by atoms with Gasteiger partial charge in [-0.2, -0.15) is 0 Å². The molecule has 9 heteroatoms. The van der Waals surface area contributed by atoms with Gasteiger partial charge >= 0.3 is 11.7 Å². The minimum Gasteiger partial charge on any atom is -0.481 e. The maximum atomic E-state index is 11.9. The van der Waals surface area contributed by atoms with E-state index in [-0.39, 0.29) is 17.3 Å². The van der Waals surface area contributed by atoms with E-state index in [1.165, 1.54) is 37.6 Å². The molecule has 1 aromatic heterocycles. The number of carboxylic acid groups (broad SMARTS) is 1. The second kappa shape index (κ2) is 11.4. The molecule has 0 spiro atoms. The standard InChI is InChI=1S/C23H31N5O4/c1-2-3-4-5-6-7-17-8-10-19(11-9-17)26-21-20(28(31)32)22(25-16-24-21)27-14-12-18(13-15-27)23(29)30/h8-11,16,18H,2-7,12-15H2,1H3,(H,29,30)(H,24,25,26). The Balaban J connectivity index is 1.68. The molecule has 0 atom stereocenters. The van der Waals surface area contributed by atoms with Crippen LogP contribution in [-0.2, 0) is 11.2 Å². The average molecular weight is 442 g/mol. The molecule has 2 N–H and O–H groups in total. The summed E-state index contributed by atoms with van der Waals surface area (Å²) in [6.07, 6.45) is 9.35. The first-order chi connectivity index (χ1) is 15.5. The number of aliphatic carboxylic acids is 1. The molecule has 3 rings (SSSR count). The molecule has 1 saturated heterocycles. The van der Waals surface area contributed by atoms with Gasteiger partial charge in [-0.15, -0.1) is 0 Å². The number of unbranched alkanes of at least 4 members (excludes halogenated alkanes) is 4. The minimum atomic E-state index is -0.825. The van der Waals surface area contributed by atoms with Crippen molar-refractivity contribution in [3.8, 4) is 0 Å². The molecule has 2 heterocycles. The summed E-state index contributed by atoms with van der Waals surface area (Å²) in [4.78, 5) is 32.6. The van der Waals surface area contributed by atoms with E-state index in [9.17, 15) is 20.0 Å². The minimum absolute atomic E-state index is 0.132. The van der Waals surface area contributed by atoms with Crippen molar-refractivity contribution in [3.63, 3.8) is 0 Å². The van der Waals surface area contributed by atoms with Crippen LogP contribution in [0.2, 0.25) is 0 Å². The Morgan fingerprint density at radius 1 is 1.16 bits per heavy atom. The van der Waals surface area contributed by atoms with Gasteiger partial charge in [0.25, 0.3) is 0 Å². The molecule has 1 fully saturated rings. The highest BCUT2D eigenvalue weighted by molar-refractivity contribution is 5.75. The second-order valence-corrected chi connectivity index (χ2v) is 8.24. The number of benzene rings is 1. The predicted molar refractivity (Wildman–Crippen MR) is 123 cm³/mol. The molecule has 1 aliphatic rings. The average Bonchev–Trinajstić information content (AvgIpc) is 2.80. The molecule has 0 amide bonds. The summed E-state index contributed by atoms with van der Waals surface area (Å²) < 4.78 is 0. The van der Waals surface area contributed by atoms with Crippen LogP contribution in [0.3, 0.4) is 0 Å². The van der Waals surface area contributed by atoms with Crippen molar-refractivity contribution < 1.29 is 14.8 Å². The van der Waals surface area contributed by atoms with Crippen molar-refractivity contribution in [2.45, 2.75) is 58.3 Å². The highest BCUT2D eigenvalue weighted by Gasteiger charge is 2.31. The van der Waals surface area contributed by atoms with Gasteiger partial charge in [0.05, 0.1) is 10.8 Å². The van der Waals surface area contributed by atoms with Crippen LogP contribution in [-0.4, -0.2) is 39.1 Å². The van der Waals surface area contributed by atoms with E-state index in [1.807, 2.05) is 24.3 Å². The van der Waals surface area contributed by atoms with Crippen molar-refractivity contribution in [2.75, 3.05) is 23.3 Å². The Bertz CT molecular complexity index is 911. The summed E-state index contributed by atoms with van der Waals surface area (Å²) >= 11 is 0. The normalized spacial score (nSPS) is 14.3. The van der Waals surface area contributed by atoms with Crippen LogP contribution in [0.1, 0.15) is 57.4 Å². The Hall–Kier alpha value is -3.23. The number of piperidine rings is 1. The number of aromatic nitrogens is 2. The number of nitrogens with zero attached hydrogens (tertiary/aromatic N) is 4. The van der Waals surface area contributed by atoms with E-state index in [0.29, 0.717) is 25.9 Å². The van der Waals surface area contributed by atoms with Crippen molar-refractivity contribution >= 4 is 29.0 Å². The fourth-order valence-electron chi connectivity index (χ4n) is 4.02. The number of carboxylic acids is 1. The van der Waals surface area contributed by atoms with Gasteiger partial charge in [-0.3, -0.25) is 14.9 Å². The topological polar surface area (TPSA) is 121 Å². The Kier molecular flexibility index (Phi) is 8.35. The number of nitro groups is 1. The van der Waals surface area contributed by atoms with Gasteiger partial charge in [0.15, 0.2) is 0 Å². The van der Waals surface area contributed by atoms with Gasteiger partial charge in [-0.05, 0) is 43.4 Å². The third kappa shape index (κ3) is 6.15. The van der Waals surface area contributed by atoms with Crippen LogP contribution in [0, 0.1) is 16.0 Å². The first-order valence-electron chi connectivity index (χ1n) is 11.3. The maximum absolute atomic E-state index is 11.9. The van der Waals surface area contributed by atoms with E-state index in [2.05, 4.69) is 22.2 Å². The highest BCUT2D eigenvalue weighted by Crippen LogP contribution is 2.35. The van der Waals surface area contributed by atoms with Crippen LogP contribution in [0.15, 0.2) is 30.6 Å². The third-order valence-corrected chi connectivity index (χ3v) is 5.91. The first kappa shape index (κ1) is 23.4. The zero-order valence-corrected chi connectivity index (χ0v) is 18.5. The van der Waals surface area contributed by atoms with Crippen molar-refractivity contribution in [3.05, 3.63) is 46.3 Å². The zero-order chi connectivity index (χ0) is 22.9. The smallest absolute Gasteiger partial charge is 0.353 e. The van der Waals surface area contributed by atoms with Crippen LogP contribution < -0.4 is 10.2 Å². The maximum Gasteiger partial charge on any atom is 0.353 e. The third-order valence-electron chi connectivity index (χ3n) is 5.91. The van der Waals surface area contributed by atoms with Gasteiger partial charge in [0.1, 0.15) is 6.33 Å². The molecule has 0 saturated carbocycles. The lowest BCUT2D eigenvalue weighted by Gasteiger charge is -2.30. The van der Waals surface area contributed by atoms with Gasteiger partial charge in [0.2, 0.25) is 11.6 Å². The van der Waals surface area contributed by atoms with Crippen molar-refractivity contribution in [1.82, 2.24) is 9.97 Å². The number of hydrogen-bond acceptors (Lipinski definition) is 7. The van der Waals surface area contributed by atoms with Crippen LogP contribution in [0.25, 0.3) is 0 Å². The van der Waals surface area contributed by atoms with E-state index in [4.69, 9.17) is 0 Å². The fourth-order valence-corrected chi connectivity index (χ4v) is 4.02. The van der Waals surface area contributed by atoms with Gasteiger partial charge in [-0.1, -0.05) is 44.7 Å². The number of nitrogens with one attached hydrogen (secondary N) is 1. The van der Waals surface area contributed by atoms with Crippen LogP contribution in [0.5, 0.6) is 0 Å². The van der Waals surface area contributed by atoms with E-state index >= 15 is 0 Å². The quantitative estimate of drug-likeness (QED) is 0.286. The second-order valence-electron chi connectivity index (χ2n) is 8.24. The molecular formula is C23H31N5O4. The predicted octanol–water partition coefficient (Wildman–Crippen LogP) is 4.94. The Morgan fingerprint density at radius 3 is 2.47 bits per heavy atom. The monoisotopic (exact) mass is 441 g/mol. The molecule has 0 unspecified atom stereocenters. The summed E-state index contributed by atoms with van der Waals surface area (Å²) in [6.45, 7) is 3.01. The van der Waals surface area contributed by atoms with Crippen molar-refractivity contribution in [2.24, 2.45) is 5.92 Å². The molecule has 32 heavy (non-hydrogen) atoms. The molecule has 172 valence electrons. The van der Waals surface area contributed by atoms with E-state index in [1.54, 1.807) is 4.90 Å². The molecular weight excluding hydrogens is 410 g/mol. The Morgan fingerprint density at radius 2 is 1.84 bits per heavy atom. The highest BCUT2D eigenvalue weighted by atomic mass is 16.6. The molecule has 0 radical (unpaired) electrons. The number of rotatable bonds is 11. The van der Waals surface area contributed by atoms with E-state index < -0.39 is 16.8 Å². The number of anilines is 3. The fraction of sp³-hybridized carbons (Fsp3) is 0.522. The lowest BCUT2D eigenvalue weighted by molar-refractivity contribution is -0.383. The summed E-state index contributed by atoms with van der Waals surface area (Å²) in [5, 5.41) is 24.1. The number of carbonyl (C=O) groups is 1. The molecule has 9 nitrogen and oxygen atoms in total. The number of aryl methyl sites for hydroxylation is 1. The summed E-state index contributed by atoms with van der Waals surface area (Å²) in [5.41, 5.74) is 1.77. The van der Waals surface area contributed by atoms with Crippen LogP contribution >= 0.6 is 0 Å². The van der Waals surface area contributed by atoms with Gasteiger partial charge in [-0.25, -0.2) is 9.97 Å². The van der Waals surface area contributed by atoms with Gasteiger partial charge < -0.3 is 15.3 Å². The largest absolute Gasteiger partial charge is 0.481 e. The molecule has 1 aliphatic heterocycles. The van der Waals surface area contributed by atoms with E-state index in [0.717, 1.165) is 18.5 Å².